The number of ether oxygens (including phenoxy) is 1. The zero-order chi connectivity index (χ0) is 22.9. The van der Waals surface area contributed by atoms with Gasteiger partial charge in [-0.25, -0.2) is 0 Å². The van der Waals surface area contributed by atoms with Crippen molar-refractivity contribution in [2.45, 2.75) is 110 Å². The number of nitrogens with zero attached hydrogens (tertiary/aromatic N) is 1. The topological polar surface area (TPSA) is 39.2 Å². The number of benzene rings is 1. The standard InChI is InChI=1S/C29H43NO2/c1-3-5-7-9-11-13-15-17-29(31)32-27-21-19-26(20-22-27)28-23-18-25(24-30-28)16-14-12-10-8-6-4-2/h18-24H,3-17H2,1-2H3. The van der Waals surface area contributed by atoms with Crippen LogP contribution in [0.4, 0.5) is 0 Å². The minimum Gasteiger partial charge on any atom is -0.427 e. The van der Waals surface area contributed by atoms with Gasteiger partial charge in [-0.2, -0.15) is 0 Å². The summed E-state index contributed by atoms with van der Waals surface area (Å²) >= 11 is 0. The van der Waals surface area contributed by atoms with Crippen molar-refractivity contribution in [3.05, 3.63) is 48.2 Å². The Bertz CT molecular complexity index is 737. The highest BCUT2D eigenvalue weighted by Crippen LogP contribution is 2.22. The molecule has 0 N–H and O–H groups in total. The van der Waals surface area contributed by atoms with Crippen LogP contribution in [0, 0.1) is 0 Å². The monoisotopic (exact) mass is 437 g/mol. The van der Waals surface area contributed by atoms with Gasteiger partial charge in [0, 0.05) is 18.2 Å². The predicted octanol–water partition coefficient (Wildman–Crippen LogP) is 8.70. The third-order valence-corrected chi connectivity index (χ3v) is 6.01. The number of esters is 1. The fraction of sp³-hybridized carbons (Fsp3) is 0.586. The summed E-state index contributed by atoms with van der Waals surface area (Å²) in [4.78, 5) is 16.7. The molecule has 0 fully saturated rings. The third kappa shape index (κ3) is 10.9. The van der Waals surface area contributed by atoms with E-state index in [0.29, 0.717) is 12.2 Å². The van der Waals surface area contributed by atoms with Crippen molar-refractivity contribution in [3.8, 4) is 17.0 Å². The first-order valence-corrected chi connectivity index (χ1v) is 13.0. The molecule has 3 heteroatoms. The second kappa shape index (κ2) is 16.5. The zero-order valence-electron chi connectivity index (χ0n) is 20.4. The van der Waals surface area contributed by atoms with E-state index in [1.807, 2.05) is 30.5 Å². The van der Waals surface area contributed by atoms with Crippen LogP contribution in [0.1, 0.15) is 109 Å². The third-order valence-electron chi connectivity index (χ3n) is 6.01. The molecule has 0 saturated heterocycles. The molecular weight excluding hydrogens is 394 g/mol. The van der Waals surface area contributed by atoms with Crippen molar-refractivity contribution in [1.82, 2.24) is 4.98 Å². The smallest absolute Gasteiger partial charge is 0.311 e. The van der Waals surface area contributed by atoms with Gasteiger partial charge >= 0.3 is 5.97 Å². The van der Waals surface area contributed by atoms with Gasteiger partial charge in [0.05, 0.1) is 5.69 Å². The van der Waals surface area contributed by atoms with Crippen LogP contribution in [-0.4, -0.2) is 11.0 Å². The summed E-state index contributed by atoms with van der Waals surface area (Å²) in [6.07, 6.45) is 19.9. The number of carbonyl (C=O) groups is 1. The fourth-order valence-corrected chi connectivity index (χ4v) is 3.96. The number of aryl methyl sites for hydroxylation is 1. The Morgan fingerprint density at radius 1 is 0.719 bits per heavy atom. The maximum absolute atomic E-state index is 12.1. The highest BCUT2D eigenvalue weighted by atomic mass is 16.5. The Labute approximate surface area is 196 Å². The SMILES string of the molecule is CCCCCCCCCC(=O)Oc1ccc(-c2ccc(CCCCCCCC)cn2)cc1. The highest BCUT2D eigenvalue weighted by molar-refractivity contribution is 5.72. The Morgan fingerprint density at radius 2 is 1.31 bits per heavy atom. The van der Waals surface area contributed by atoms with Crippen LogP contribution >= 0.6 is 0 Å². The van der Waals surface area contributed by atoms with Gasteiger partial charge < -0.3 is 4.74 Å². The molecule has 176 valence electrons. The first kappa shape index (κ1) is 26.1. The molecule has 1 aromatic carbocycles. The summed E-state index contributed by atoms with van der Waals surface area (Å²) in [5, 5.41) is 0. The van der Waals surface area contributed by atoms with Crippen LogP contribution in [0.15, 0.2) is 42.6 Å². The predicted molar refractivity (Wildman–Crippen MR) is 135 cm³/mol. The number of carbonyl (C=O) groups excluding carboxylic acids is 1. The minimum atomic E-state index is -0.136. The highest BCUT2D eigenvalue weighted by Gasteiger charge is 2.06. The van der Waals surface area contributed by atoms with E-state index in [9.17, 15) is 4.79 Å². The summed E-state index contributed by atoms with van der Waals surface area (Å²) in [6, 6.07) is 12.0. The van der Waals surface area contributed by atoms with Crippen molar-refractivity contribution < 1.29 is 9.53 Å². The van der Waals surface area contributed by atoms with E-state index < -0.39 is 0 Å². The largest absolute Gasteiger partial charge is 0.427 e. The number of pyridine rings is 1. The summed E-state index contributed by atoms with van der Waals surface area (Å²) < 4.78 is 5.49. The van der Waals surface area contributed by atoms with Crippen LogP contribution in [0.5, 0.6) is 5.75 Å². The number of hydrogen-bond donors (Lipinski definition) is 0. The average molecular weight is 438 g/mol. The molecule has 2 rings (SSSR count). The second-order valence-corrected chi connectivity index (χ2v) is 8.94. The summed E-state index contributed by atoms with van der Waals surface area (Å²) in [5.74, 6) is 0.477. The van der Waals surface area contributed by atoms with Crippen molar-refractivity contribution >= 4 is 5.97 Å². The number of unbranched alkanes of at least 4 members (excludes halogenated alkanes) is 11. The summed E-state index contributed by atoms with van der Waals surface area (Å²) in [5.41, 5.74) is 3.31. The molecule has 0 bridgehead atoms. The maximum Gasteiger partial charge on any atom is 0.311 e. The molecule has 0 aliphatic carbocycles. The normalized spacial score (nSPS) is 10.9. The Hall–Kier alpha value is -2.16. The molecule has 0 aliphatic heterocycles. The van der Waals surface area contributed by atoms with E-state index in [0.717, 1.165) is 30.5 Å². The van der Waals surface area contributed by atoms with Crippen molar-refractivity contribution in [2.24, 2.45) is 0 Å². The van der Waals surface area contributed by atoms with E-state index in [1.165, 1.54) is 76.2 Å². The van der Waals surface area contributed by atoms with Crippen molar-refractivity contribution in [2.75, 3.05) is 0 Å². The van der Waals surface area contributed by atoms with E-state index in [1.54, 1.807) is 0 Å². The maximum atomic E-state index is 12.1. The molecule has 1 heterocycles. The molecule has 32 heavy (non-hydrogen) atoms. The molecule has 0 unspecified atom stereocenters. The van der Waals surface area contributed by atoms with E-state index in [2.05, 4.69) is 31.0 Å². The molecule has 0 saturated carbocycles. The van der Waals surface area contributed by atoms with Gasteiger partial charge in [-0.1, -0.05) is 90.5 Å². The van der Waals surface area contributed by atoms with E-state index in [4.69, 9.17) is 4.74 Å². The van der Waals surface area contributed by atoms with Gasteiger partial charge in [0.2, 0.25) is 0 Å². The van der Waals surface area contributed by atoms with Crippen LogP contribution in [0.2, 0.25) is 0 Å². The van der Waals surface area contributed by atoms with Crippen molar-refractivity contribution in [1.29, 1.82) is 0 Å². The first-order valence-electron chi connectivity index (χ1n) is 13.0. The second-order valence-electron chi connectivity index (χ2n) is 8.94. The van der Waals surface area contributed by atoms with Crippen molar-refractivity contribution in [3.63, 3.8) is 0 Å². The molecule has 0 amide bonds. The molecule has 0 spiro atoms. The summed E-state index contributed by atoms with van der Waals surface area (Å²) in [7, 11) is 0. The van der Waals surface area contributed by atoms with Gasteiger partial charge in [0.1, 0.15) is 5.75 Å². The minimum absolute atomic E-state index is 0.136. The fourth-order valence-electron chi connectivity index (χ4n) is 3.96. The van der Waals surface area contributed by atoms with Gasteiger partial charge in [0.15, 0.2) is 0 Å². The van der Waals surface area contributed by atoms with Crippen LogP contribution in [0.3, 0.4) is 0 Å². The van der Waals surface area contributed by atoms with Gasteiger partial charge in [-0.15, -0.1) is 0 Å². The lowest BCUT2D eigenvalue weighted by Gasteiger charge is -2.07. The van der Waals surface area contributed by atoms with Crippen LogP contribution < -0.4 is 4.74 Å². The lowest BCUT2D eigenvalue weighted by molar-refractivity contribution is -0.134. The average Bonchev–Trinajstić information content (AvgIpc) is 2.82. The van der Waals surface area contributed by atoms with Gasteiger partial charge in [-0.3, -0.25) is 9.78 Å². The molecule has 0 radical (unpaired) electrons. The lowest BCUT2D eigenvalue weighted by Crippen LogP contribution is -2.07. The number of hydrogen-bond acceptors (Lipinski definition) is 3. The Kier molecular flexibility index (Phi) is 13.4. The Balaban J connectivity index is 1.68. The molecule has 3 nitrogen and oxygen atoms in total. The van der Waals surface area contributed by atoms with E-state index in [-0.39, 0.29) is 5.97 Å². The summed E-state index contributed by atoms with van der Waals surface area (Å²) in [6.45, 7) is 4.48. The first-order chi connectivity index (χ1) is 15.7. The molecular formula is C29H43NO2. The quantitative estimate of drug-likeness (QED) is 0.141. The molecule has 0 aliphatic rings. The molecule has 2 aromatic rings. The molecule has 0 atom stereocenters. The van der Waals surface area contributed by atoms with E-state index >= 15 is 0 Å². The molecule has 1 aromatic heterocycles. The van der Waals surface area contributed by atoms with Gasteiger partial charge in [-0.05, 0) is 55.2 Å². The lowest BCUT2D eigenvalue weighted by atomic mass is 10.1. The number of rotatable bonds is 17. The zero-order valence-corrected chi connectivity index (χ0v) is 20.4. The number of aromatic nitrogens is 1. The Morgan fingerprint density at radius 3 is 1.91 bits per heavy atom. The van der Waals surface area contributed by atoms with Crippen LogP contribution in [0.25, 0.3) is 11.3 Å². The van der Waals surface area contributed by atoms with Crippen LogP contribution in [-0.2, 0) is 11.2 Å². The van der Waals surface area contributed by atoms with Gasteiger partial charge in [0.25, 0.3) is 0 Å².